The lowest BCUT2D eigenvalue weighted by atomic mass is 10.2. The van der Waals surface area contributed by atoms with Crippen LogP contribution in [0.15, 0.2) is 12.1 Å². The Bertz CT molecular complexity index is 340. The molecule has 4 nitrogen and oxygen atoms in total. The molecule has 2 N–H and O–H groups in total. The third-order valence-corrected chi connectivity index (χ3v) is 1.62. The molecule has 0 radical (unpaired) electrons. The van der Waals surface area contributed by atoms with Crippen molar-refractivity contribution >= 4 is 5.71 Å². The molecule has 0 spiro atoms. The summed E-state index contributed by atoms with van der Waals surface area (Å²) < 4.78 is 0. The van der Waals surface area contributed by atoms with Crippen molar-refractivity contribution in [1.29, 1.82) is 0 Å². The van der Waals surface area contributed by atoms with Crippen LogP contribution in [0.5, 0.6) is 5.75 Å². The molecule has 1 rings (SSSR count). The van der Waals surface area contributed by atoms with E-state index in [-0.39, 0.29) is 18.2 Å². The second-order valence-electron chi connectivity index (χ2n) is 2.75. The standard InChI is InChI=1S/C9H12N2O2.ClH/c1-6-4-5-8(12)9(10-6)7(2)11-13-3;/h4-5,12H,1-3H3;1H. The molecule has 0 bridgehead atoms. The second-order valence-corrected chi connectivity index (χ2v) is 2.75. The minimum absolute atomic E-state index is 0. The highest BCUT2D eigenvalue weighted by molar-refractivity contribution is 5.94. The molecule has 14 heavy (non-hydrogen) atoms. The zero-order valence-electron chi connectivity index (χ0n) is 8.34. The largest absolute Gasteiger partial charge is 1.00 e. The molecule has 0 amide bonds. The van der Waals surface area contributed by atoms with Crippen molar-refractivity contribution in [3.63, 3.8) is 0 Å². The number of rotatable bonds is 2. The first-order chi connectivity index (χ1) is 6.15. The van der Waals surface area contributed by atoms with Crippen molar-refractivity contribution in [3.05, 3.63) is 23.5 Å². The van der Waals surface area contributed by atoms with Gasteiger partial charge in [-0.15, -0.1) is 0 Å². The Hall–Kier alpha value is -1.29. The Labute approximate surface area is 89.0 Å². The molecule has 0 unspecified atom stereocenters. The SMILES string of the molecule is CO[NH+]=C(C)c1nc(C)ccc1O.[Cl-]. The quantitative estimate of drug-likeness (QED) is 0.400. The number of hydrogen-bond acceptors (Lipinski definition) is 3. The summed E-state index contributed by atoms with van der Waals surface area (Å²) in [5, 5.41) is 12.1. The maximum Gasteiger partial charge on any atom is 0.251 e. The minimum Gasteiger partial charge on any atom is -1.00 e. The van der Waals surface area contributed by atoms with Crippen LogP contribution >= 0.6 is 0 Å². The minimum atomic E-state index is 0. The van der Waals surface area contributed by atoms with Crippen molar-refractivity contribution in [2.45, 2.75) is 13.8 Å². The average Bonchev–Trinajstić information content (AvgIpc) is 2.09. The van der Waals surface area contributed by atoms with Crippen molar-refractivity contribution in [2.75, 3.05) is 7.11 Å². The smallest absolute Gasteiger partial charge is 0.251 e. The first-order valence-corrected chi connectivity index (χ1v) is 3.94. The van der Waals surface area contributed by atoms with Gasteiger partial charge in [-0.3, -0.25) is 4.84 Å². The number of pyridine rings is 1. The summed E-state index contributed by atoms with van der Waals surface area (Å²) in [7, 11) is 1.51. The number of nitrogens with zero attached hydrogens (tertiary/aromatic N) is 1. The van der Waals surface area contributed by atoms with E-state index in [4.69, 9.17) is 4.84 Å². The third kappa shape index (κ3) is 2.88. The van der Waals surface area contributed by atoms with Gasteiger partial charge in [-0.2, -0.15) is 0 Å². The van der Waals surface area contributed by atoms with Gasteiger partial charge in [0, 0.05) is 12.6 Å². The van der Waals surface area contributed by atoms with Crippen LogP contribution in [-0.4, -0.2) is 22.9 Å². The van der Waals surface area contributed by atoms with Gasteiger partial charge in [0.05, 0.1) is 0 Å². The van der Waals surface area contributed by atoms with Gasteiger partial charge in [0.15, 0.2) is 5.69 Å². The summed E-state index contributed by atoms with van der Waals surface area (Å²) in [4.78, 5) is 8.88. The normalized spacial score (nSPS) is 10.6. The van der Waals surface area contributed by atoms with E-state index >= 15 is 0 Å². The first kappa shape index (κ1) is 12.7. The van der Waals surface area contributed by atoms with Gasteiger partial charge >= 0.3 is 0 Å². The number of nitrogens with one attached hydrogen (secondary N) is 1. The van der Waals surface area contributed by atoms with E-state index in [9.17, 15) is 5.11 Å². The summed E-state index contributed by atoms with van der Waals surface area (Å²) in [6.45, 7) is 3.65. The van der Waals surface area contributed by atoms with Gasteiger partial charge in [0.1, 0.15) is 12.9 Å². The molecule has 1 heterocycles. The molecule has 0 fully saturated rings. The maximum atomic E-state index is 9.45. The molecule has 0 aromatic carbocycles. The van der Waals surface area contributed by atoms with Crippen molar-refractivity contribution < 1.29 is 27.5 Å². The van der Waals surface area contributed by atoms with Gasteiger partial charge in [0.25, 0.3) is 5.71 Å². The molecule has 0 saturated carbocycles. The first-order valence-electron chi connectivity index (χ1n) is 3.94. The van der Waals surface area contributed by atoms with E-state index < -0.39 is 0 Å². The molecule has 78 valence electrons. The Morgan fingerprint density at radius 3 is 2.71 bits per heavy atom. The summed E-state index contributed by atoms with van der Waals surface area (Å²) in [6.07, 6.45) is 0. The zero-order valence-corrected chi connectivity index (χ0v) is 9.09. The van der Waals surface area contributed by atoms with E-state index in [1.54, 1.807) is 19.1 Å². The summed E-state index contributed by atoms with van der Waals surface area (Å²) >= 11 is 0. The molecule has 1 aromatic heterocycles. The fraction of sp³-hybridized carbons (Fsp3) is 0.333. The number of aromatic nitrogens is 1. The number of aryl methyl sites for hydroxylation is 1. The molecule has 0 atom stereocenters. The lowest BCUT2D eigenvalue weighted by Gasteiger charge is -1.99. The highest BCUT2D eigenvalue weighted by Gasteiger charge is 2.11. The fourth-order valence-corrected chi connectivity index (χ4v) is 1.03. The van der Waals surface area contributed by atoms with Crippen LogP contribution < -0.4 is 17.6 Å². The maximum absolute atomic E-state index is 9.45. The average molecular weight is 217 g/mol. The van der Waals surface area contributed by atoms with E-state index in [2.05, 4.69) is 10.1 Å². The molecule has 5 heteroatoms. The number of aromatic hydroxyl groups is 1. The Balaban J connectivity index is 0.00000169. The van der Waals surface area contributed by atoms with Crippen molar-refractivity contribution in [1.82, 2.24) is 4.98 Å². The van der Waals surface area contributed by atoms with Gasteiger partial charge < -0.3 is 17.5 Å². The highest BCUT2D eigenvalue weighted by atomic mass is 35.5. The molecule has 0 saturated heterocycles. The summed E-state index contributed by atoms with van der Waals surface area (Å²) in [5.74, 6) is 0.146. The van der Waals surface area contributed by atoms with Crippen LogP contribution in [0.2, 0.25) is 0 Å². The fourth-order valence-electron chi connectivity index (χ4n) is 1.03. The molecular weight excluding hydrogens is 204 g/mol. The van der Waals surface area contributed by atoms with Crippen LogP contribution in [0.25, 0.3) is 0 Å². The third-order valence-electron chi connectivity index (χ3n) is 1.62. The Morgan fingerprint density at radius 2 is 2.14 bits per heavy atom. The van der Waals surface area contributed by atoms with Crippen LogP contribution in [0.4, 0.5) is 0 Å². The molecule has 0 aliphatic rings. The lowest BCUT2D eigenvalue weighted by Crippen LogP contribution is -3.00. The second kappa shape index (κ2) is 5.44. The number of hydrogen-bond donors (Lipinski definition) is 2. The van der Waals surface area contributed by atoms with E-state index in [0.29, 0.717) is 11.4 Å². The van der Waals surface area contributed by atoms with Crippen LogP contribution in [0.3, 0.4) is 0 Å². The van der Waals surface area contributed by atoms with Crippen molar-refractivity contribution in [2.24, 2.45) is 0 Å². The van der Waals surface area contributed by atoms with Gasteiger partial charge in [-0.1, -0.05) is 0 Å². The predicted octanol–water partition coefficient (Wildman–Crippen LogP) is -3.45. The highest BCUT2D eigenvalue weighted by Crippen LogP contribution is 2.13. The van der Waals surface area contributed by atoms with Crippen LogP contribution in [0, 0.1) is 6.92 Å². The number of halogens is 1. The topological polar surface area (TPSA) is 56.3 Å². The molecule has 0 aliphatic carbocycles. The van der Waals surface area contributed by atoms with Gasteiger partial charge in [-0.05, 0) is 24.2 Å². The molecule has 0 aliphatic heterocycles. The van der Waals surface area contributed by atoms with Crippen LogP contribution in [0.1, 0.15) is 18.3 Å². The summed E-state index contributed by atoms with van der Waals surface area (Å²) in [6, 6.07) is 3.36. The monoisotopic (exact) mass is 216 g/mol. The Kier molecular flexibility index (Phi) is 4.94. The predicted molar refractivity (Wildman–Crippen MR) is 48.4 cm³/mol. The Morgan fingerprint density at radius 1 is 1.50 bits per heavy atom. The lowest BCUT2D eigenvalue weighted by molar-refractivity contribution is -0.744. The van der Waals surface area contributed by atoms with Crippen molar-refractivity contribution in [3.8, 4) is 5.75 Å². The molecule has 1 aromatic rings. The van der Waals surface area contributed by atoms with E-state index in [1.165, 1.54) is 7.11 Å². The molecular formula is C9H13ClN2O2. The van der Waals surface area contributed by atoms with E-state index in [1.807, 2.05) is 6.92 Å². The van der Waals surface area contributed by atoms with Crippen LogP contribution in [-0.2, 0) is 4.84 Å². The van der Waals surface area contributed by atoms with Gasteiger partial charge in [-0.25, -0.2) is 4.98 Å². The zero-order chi connectivity index (χ0) is 9.84. The summed E-state index contributed by atoms with van der Waals surface area (Å²) in [5.41, 5.74) is 2.05. The van der Waals surface area contributed by atoms with Gasteiger partial charge in [0.2, 0.25) is 0 Å². The van der Waals surface area contributed by atoms with E-state index in [0.717, 1.165) is 5.69 Å².